The van der Waals surface area contributed by atoms with E-state index in [-0.39, 0.29) is 17.6 Å². The number of nitrogens with one attached hydrogen (secondary N) is 1. The normalized spacial score (nSPS) is 21.0. The molecule has 116 valence electrons. The summed E-state index contributed by atoms with van der Waals surface area (Å²) in [7, 11) is 0. The molecule has 22 heavy (non-hydrogen) atoms. The molecule has 1 fully saturated rings. The molecule has 1 saturated carbocycles. The van der Waals surface area contributed by atoms with Gasteiger partial charge < -0.3 is 10.4 Å². The Morgan fingerprint density at radius 1 is 1.36 bits per heavy atom. The molecule has 1 aromatic heterocycles. The molecule has 0 aliphatic heterocycles. The van der Waals surface area contributed by atoms with Gasteiger partial charge in [-0.15, -0.1) is 5.10 Å². The Morgan fingerprint density at radius 2 is 2.09 bits per heavy atom. The molecule has 2 aromatic rings. The van der Waals surface area contributed by atoms with Crippen LogP contribution in [0, 0.1) is 18.7 Å². The van der Waals surface area contributed by atoms with Crippen LogP contribution >= 0.6 is 0 Å². The first-order valence-electron chi connectivity index (χ1n) is 7.36. The molecule has 6 heteroatoms. The van der Waals surface area contributed by atoms with Crippen LogP contribution in [0.15, 0.2) is 30.3 Å². The van der Waals surface area contributed by atoms with E-state index >= 15 is 0 Å². The molecular weight excluding hydrogens is 285 g/mol. The van der Waals surface area contributed by atoms with Crippen LogP contribution in [0.4, 0.5) is 10.2 Å². The van der Waals surface area contributed by atoms with Gasteiger partial charge in [-0.1, -0.05) is 0 Å². The maximum absolute atomic E-state index is 13.0. The minimum absolute atomic E-state index is 0.200. The number of benzene rings is 1. The van der Waals surface area contributed by atoms with Crippen LogP contribution in [-0.4, -0.2) is 26.9 Å². The molecule has 1 amide bonds. The number of carbonyl (C=O) groups is 1. The molecule has 1 heterocycles. The van der Waals surface area contributed by atoms with Gasteiger partial charge in [0, 0.05) is 11.8 Å². The predicted molar refractivity (Wildman–Crippen MR) is 80.2 cm³/mol. The summed E-state index contributed by atoms with van der Waals surface area (Å²) in [4.78, 5) is 12.2. The molecule has 2 atom stereocenters. The zero-order chi connectivity index (χ0) is 15.7. The van der Waals surface area contributed by atoms with E-state index < -0.39 is 6.10 Å². The molecule has 0 radical (unpaired) electrons. The fourth-order valence-electron chi connectivity index (χ4n) is 2.84. The summed E-state index contributed by atoms with van der Waals surface area (Å²) in [5.74, 6) is -0.437. The fourth-order valence-corrected chi connectivity index (χ4v) is 2.84. The van der Waals surface area contributed by atoms with E-state index in [0.29, 0.717) is 18.7 Å². The third-order valence-corrected chi connectivity index (χ3v) is 4.03. The van der Waals surface area contributed by atoms with Crippen molar-refractivity contribution in [3.8, 4) is 5.69 Å². The van der Waals surface area contributed by atoms with Crippen molar-refractivity contribution in [1.82, 2.24) is 9.78 Å². The third-order valence-electron chi connectivity index (χ3n) is 4.03. The number of aliphatic hydroxyl groups excluding tert-OH is 1. The van der Waals surface area contributed by atoms with Gasteiger partial charge in [-0.05, 0) is 50.5 Å². The quantitative estimate of drug-likeness (QED) is 0.915. The van der Waals surface area contributed by atoms with Crippen LogP contribution in [0.3, 0.4) is 0 Å². The molecular formula is C16H18FN3O2. The summed E-state index contributed by atoms with van der Waals surface area (Å²) in [6, 6.07) is 7.74. The van der Waals surface area contributed by atoms with Crippen molar-refractivity contribution in [3.63, 3.8) is 0 Å². The van der Waals surface area contributed by atoms with Crippen LogP contribution in [0.5, 0.6) is 0 Å². The Labute approximate surface area is 127 Å². The summed E-state index contributed by atoms with van der Waals surface area (Å²) < 4.78 is 14.6. The summed E-state index contributed by atoms with van der Waals surface area (Å²) in [5, 5.41) is 16.9. The lowest BCUT2D eigenvalue weighted by Crippen LogP contribution is -2.28. The number of amides is 1. The van der Waals surface area contributed by atoms with Gasteiger partial charge in [0.05, 0.1) is 17.7 Å². The minimum Gasteiger partial charge on any atom is -0.392 e. The molecule has 0 bridgehead atoms. The number of hydrogen-bond acceptors (Lipinski definition) is 3. The van der Waals surface area contributed by atoms with Crippen LogP contribution < -0.4 is 5.32 Å². The van der Waals surface area contributed by atoms with Gasteiger partial charge >= 0.3 is 0 Å². The standard InChI is InChI=1S/C16H18FN3O2/c1-10-9-15(18-16(22)13-3-2-4-14(13)21)19-20(10)12-7-5-11(17)6-8-12/h5-9,13-14,21H,2-4H2,1H3,(H,18,19,22). The zero-order valence-electron chi connectivity index (χ0n) is 12.3. The molecule has 2 unspecified atom stereocenters. The van der Waals surface area contributed by atoms with E-state index in [0.717, 1.165) is 17.8 Å². The molecule has 0 spiro atoms. The third kappa shape index (κ3) is 2.87. The molecule has 0 saturated heterocycles. The predicted octanol–water partition coefficient (Wildman–Crippen LogP) is 2.42. The number of halogens is 1. The van der Waals surface area contributed by atoms with Gasteiger partial charge in [-0.2, -0.15) is 0 Å². The Hall–Kier alpha value is -2.21. The number of aryl methyl sites for hydroxylation is 1. The number of carbonyl (C=O) groups excluding carboxylic acids is 1. The number of anilines is 1. The highest BCUT2D eigenvalue weighted by Crippen LogP contribution is 2.27. The largest absolute Gasteiger partial charge is 0.392 e. The summed E-state index contributed by atoms with van der Waals surface area (Å²) in [6.45, 7) is 1.86. The molecule has 5 nitrogen and oxygen atoms in total. The SMILES string of the molecule is Cc1cc(NC(=O)C2CCCC2O)nn1-c1ccc(F)cc1. The summed E-state index contributed by atoms with van der Waals surface area (Å²) in [6.07, 6.45) is 1.66. The maximum atomic E-state index is 13.0. The monoisotopic (exact) mass is 303 g/mol. The van der Waals surface area contributed by atoms with Crippen LogP contribution in [0.25, 0.3) is 5.69 Å². The Balaban J connectivity index is 1.77. The van der Waals surface area contributed by atoms with Crippen LogP contribution in [0.1, 0.15) is 25.0 Å². The topological polar surface area (TPSA) is 67.2 Å². The second kappa shape index (κ2) is 5.88. The van der Waals surface area contributed by atoms with Crippen molar-refractivity contribution < 1.29 is 14.3 Å². The van der Waals surface area contributed by atoms with Gasteiger partial charge in [-0.25, -0.2) is 9.07 Å². The van der Waals surface area contributed by atoms with Gasteiger partial charge in [-0.3, -0.25) is 4.79 Å². The zero-order valence-corrected chi connectivity index (χ0v) is 12.3. The fraction of sp³-hybridized carbons (Fsp3) is 0.375. The lowest BCUT2D eigenvalue weighted by atomic mass is 10.1. The van der Waals surface area contributed by atoms with Crippen molar-refractivity contribution in [3.05, 3.63) is 41.8 Å². The van der Waals surface area contributed by atoms with E-state index in [1.807, 2.05) is 6.92 Å². The second-order valence-corrected chi connectivity index (χ2v) is 5.65. The van der Waals surface area contributed by atoms with Crippen molar-refractivity contribution in [1.29, 1.82) is 0 Å². The van der Waals surface area contributed by atoms with Gasteiger partial charge in [0.1, 0.15) is 5.82 Å². The molecule has 2 N–H and O–H groups in total. The van der Waals surface area contributed by atoms with Crippen LogP contribution in [0.2, 0.25) is 0 Å². The van der Waals surface area contributed by atoms with E-state index in [1.54, 1.807) is 22.9 Å². The van der Waals surface area contributed by atoms with E-state index in [2.05, 4.69) is 10.4 Å². The minimum atomic E-state index is -0.569. The van der Waals surface area contributed by atoms with Crippen molar-refractivity contribution >= 4 is 11.7 Å². The average molecular weight is 303 g/mol. The molecule has 3 rings (SSSR count). The molecule has 1 aliphatic rings. The van der Waals surface area contributed by atoms with Gasteiger partial charge in [0.25, 0.3) is 0 Å². The first-order valence-corrected chi connectivity index (χ1v) is 7.36. The van der Waals surface area contributed by atoms with E-state index in [9.17, 15) is 14.3 Å². The number of rotatable bonds is 3. The lowest BCUT2D eigenvalue weighted by Gasteiger charge is -2.12. The maximum Gasteiger partial charge on any atom is 0.231 e. The number of aromatic nitrogens is 2. The number of hydrogen-bond donors (Lipinski definition) is 2. The smallest absolute Gasteiger partial charge is 0.231 e. The molecule has 1 aliphatic carbocycles. The average Bonchev–Trinajstić information content (AvgIpc) is 3.06. The number of nitrogens with zero attached hydrogens (tertiary/aromatic N) is 2. The molecule has 1 aromatic carbocycles. The summed E-state index contributed by atoms with van der Waals surface area (Å²) >= 11 is 0. The Kier molecular flexibility index (Phi) is 3.94. The number of aliphatic hydroxyl groups is 1. The van der Waals surface area contributed by atoms with Crippen LogP contribution in [-0.2, 0) is 4.79 Å². The first kappa shape index (κ1) is 14.7. The highest BCUT2D eigenvalue weighted by atomic mass is 19.1. The lowest BCUT2D eigenvalue weighted by molar-refractivity contribution is -0.122. The van der Waals surface area contributed by atoms with Gasteiger partial charge in [0.2, 0.25) is 5.91 Å². The van der Waals surface area contributed by atoms with E-state index in [1.165, 1.54) is 12.1 Å². The highest BCUT2D eigenvalue weighted by Gasteiger charge is 2.31. The van der Waals surface area contributed by atoms with Gasteiger partial charge in [0.15, 0.2) is 5.82 Å². The Bertz CT molecular complexity index is 681. The first-order chi connectivity index (χ1) is 10.5. The second-order valence-electron chi connectivity index (χ2n) is 5.65. The Morgan fingerprint density at radius 3 is 2.73 bits per heavy atom. The summed E-state index contributed by atoms with van der Waals surface area (Å²) in [5.41, 5.74) is 1.55. The van der Waals surface area contributed by atoms with Crippen molar-refractivity contribution in [2.24, 2.45) is 5.92 Å². The van der Waals surface area contributed by atoms with E-state index in [4.69, 9.17) is 0 Å². The van der Waals surface area contributed by atoms with Crippen molar-refractivity contribution in [2.45, 2.75) is 32.3 Å². The van der Waals surface area contributed by atoms with Crippen molar-refractivity contribution in [2.75, 3.05) is 5.32 Å². The highest BCUT2D eigenvalue weighted by molar-refractivity contribution is 5.92.